The van der Waals surface area contributed by atoms with E-state index in [1.165, 1.54) is 0 Å². The van der Waals surface area contributed by atoms with Crippen LogP contribution in [0.25, 0.3) is 11.2 Å². The van der Waals surface area contributed by atoms with Crippen molar-refractivity contribution in [1.82, 2.24) is 19.9 Å². The molecule has 2 aliphatic heterocycles. The van der Waals surface area contributed by atoms with Crippen molar-refractivity contribution in [2.24, 2.45) is 0 Å². The Morgan fingerprint density at radius 2 is 1.88 bits per heavy atom. The highest BCUT2D eigenvalue weighted by Gasteiger charge is 2.19. The molecule has 0 aliphatic carbocycles. The predicted octanol–water partition coefficient (Wildman–Crippen LogP) is 1.24. The first-order valence-electron chi connectivity index (χ1n) is 11.1. The number of hydrogen-bond acceptors (Lipinski definition) is 8. The van der Waals surface area contributed by atoms with Crippen LogP contribution in [0.15, 0.2) is 24.5 Å². The van der Waals surface area contributed by atoms with E-state index in [9.17, 15) is 0 Å². The SMILES string of the molecule is COc1cc(N2CCOCC2)ccc1Nc1nc(CCN2CCOCC2)c2[nH]c[nH+]c2n1. The molecule has 170 valence electrons. The number of nitrogens with zero attached hydrogens (tertiary/aromatic N) is 4. The van der Waals surface area contributed by atoms with Gasteiger partial charge in [-0.25, -0.2) is 4.98 Å². The van der Waals surface area contributed by atoms with Crippen molar-refractivity contribution in [3.05, 3.63) is 30.2 Å². The Bertz CT molecular complexity index is 1050. The molecule has 3 aromatic rings. The minimum atomic E-state index is 0.544. The molecule has 32 heavy (non-hydrogen) atoms. The summed E-state index contributed by atoms with van der Waals surface area (Å²) in [5, 5.41) is 3.36. The topological polar surface area (TPSA) is 102 Å². The van der Waals surface area contributed by atoms with Gasteiger partial charge >= 0.3 is 11.6 Å². The van der Waals surface area contributed by atoms with Crippen molar-refractivity contribution in [1.29, 1.82) is 0 Å². The fourth-order valence-corrected chi connectivity index (χ4v) is 4.19. The van der Waals surface area contributed by atoms with Crippen LogP contribution in [0.5, 0.6) is 5.75 Å². The van der Waals surface area contributed by atoms with Gasteiger partial charge in [0.2, 0.25) is 0 Å². The lowest BCUT2D eigenvalue weighted by Crippen LogP contribution is -2.37. The largest absolute Gasteiger partial charge is 0.494 e. The molecule has 10 nitrogen and oxygen atoms in total. The summed E-state index contributed by atoms with van der Waals surface area (Å²) in [4.78, 5) is 20.6. The normalized spacial score (nSPS) is 17.6. The Morgan fingerprint density at radius 3 is 2.66 bits per heavy atom. The second-order valence-corrected chi connectivity index (χ2v) is 7.96. The minimum absolute atomic E-state index is 0.544. The number of methoxy groups -OCH3 is 1. The van der Waals surface area contributed by atoms with E-state index in [1.54, 1.807) is 13.4 Å². The smallest absolute Gasteiger partial charge is 0.305 e. The van der Waals surface area contributed by atoms with Crippen molar-refractivity contribution >= 4 is 28.5 Å². The molecule has 10 heteroatoms. The Morgan fingerprint density at radius 1 is 1.09 bits per heavy atom. The fourth-order valence-electron chi connectivity index (χ4n) is 4.19. The number of ether oxygens (including phenoxy) is 3. The third-order valence-corrected chi connectivity index (χ3v) is 5.99. The number of H-pyrrole nitrogens is 2. The average Bonchev–Trinajstić information content (AvgIpc) is 3.33. The summed E-state index contributed by atoms with van der Waals surface area (Å²) < 4.78 is 16.6. The van der Waals surface area contributed by atoms with Crippen molar-refractivity contribution in [2.75, 3.05) is 76.5 Å². The van der Waals surface area contributed by atoms with E-state index in [1.807, 2.05) is 12.1 Å². The van der Waals surface area contributed by atoms with E-state index in [4.69, 9.17) is 19.2 Å². The summed E-state index contributed by atoms with van der Waals surface area (Å²) in [6.45, 7) is 7.70. The first-order chi connectivity index (χ1) is 15.8. The van der Waals surface area contributed by atoms with E-state index in [0.29, 0.717) is 5.95 Å². The number of aromatic nitrogens is 4. The summed E-state index contributed by atoms with van der Waals surface area (Å²) >= 11 is 0. The van der Waals surface area contributed by atoms with Crippen LogP contribution in [0.3, 0.4) is 0 Å². The zero-order valence-corrected chi connectivity index (χ0v) is 18.4. The van der Waals surface area contributed by atoms with Crippen LogP contribution in [-0.4, -0.2) is 86.1 Å². The van der Waals surface area contributed by atoms with Crippen LogP contribution in [0.4, 0.5) is 17.3 Å². The maximum absolute atomic E-state index is 5.67. The molecule has 0 atom stereocenters. The molecule has 4 heterocycles. The standard InChI is InChI=1S/C22H29N7O3/c1-30-19-14-16(29-8-12-32-13-9-29)2-3-17(19)25-22-26-18(20-21(27-22)24-15-23-20)4-5-28-6-10-31-11-7-28/h2-3,14-15H,4-13H2,1H3,(H2,23,24,25,26,27)/p+1. The van der Waals surface area contributed by atoms with Gasteiger partial charge in [0.25, 0.3) is 0 Å². The third-order valence-electron chi connectivity index (χ3n) is 5.99. The number of hydrogen-bond donors (Lipinski definition) is 2. The number of rotatable bonds is 7. The molecule has 2 saturated heterocycles. The highest BCUT2D eigenvalue weighted by molar-refractivity contribution is 5.73. The molecule has 0 unspecified atom stereocenters. The molecule has 0 amide bonds. The van der Waals surface area contributed by atoms with E-state index in [2.05, 4.69) is 36.1 Å². The zero-order chi connectivity index (χ0) is 21.8. The lowest BCUT2D eigenvalue weighted by molar-refractivity contribution is -0.347. The molecule has 0 saturated carbocycles. The monoisotopic (exact) mass is 440 g/mol. The number of aromatic amines is 2. The number of morpholine rings is 2. The van der Waals surface area contributed by atoms with E-state index < -0.39 is 0 Å². The molecule has 5 rings (SSSR count). The van der Waals surface area contributed by atoms with Gasteiger partial charge < -0.3 is 24.4 Å². The highest BCUT2D eigenvalue weighted by Crippen LogP contribution is 2.32. The van der Waals surface area contributed by atoms with Crippen LogP contribution in [0.2, 0.25) is 0 Å². The number of fused-ring (bicyclic) bond motifs is 1. The molecule has 2 aromatic heterocycles. The summed E-state index contributed by atoms with van der Waals surface area (Å²) in [5.41, 5.74) is 4.66. The zero-order valence-electron chi connectivity index (χ0n) is 18.4. The van der Waals surface area contributed by atoms with Gasteiger partial charge in [0.15, 0.2) is 11.8 Å². The molecular formula is C22H30N7O3+. The Labute approximate surface area is 186 Å². The average molecular weight is 441 g/mol. The van der Waals surface area contributed by atoms with E-state index in [-0.39, 0.29) is 0 Å². The Hall–Kier alpha value is -2.95. The highest BCUT2D eigenvalue weighted by atomic mass is 16.5. The van der Waals surface area contributed by atoms with Gasteiger partial charge in [-0.05, 0) is 12.1 Å². The quantitative estimate of drug-likeness (QED) is 0.566. The van der Waals surface area contributed by atoms with Gasteiger partial charge in [-0.15, -0.1) is 0 Å². The first kappa shape index (κ1) is 20.9. The van der Waals surface area contributed by atoms with Crippen molar-refractivity contribution in [3.63, 3.8) is 0 Å². The number of benzene rings is 1. The van der Waals surface area contributed by atoms with E-state index in [0.717, 1.165) is 99.6 Å². The maximum Gasteiger partial charge on any atom is 0.305 e. The summed E-state index contributed by atoms with van der Waals surface area (Å²) in [7, 11) is 1.68. The molecule has 0 spiro atoms. The molecule has 0 radical (unpaired) electrons. The lowest BCUT2D eigenvalue weighted by Gasteiger charge is -2.29. The first-order valence-corrected chi connectivity index (χ1v) is 11.1. The maximum atomic E-state index is 5.67. The van der Waals surface area contributed by atoms with Crippen molar-refractivity contribution in [2.45, 2.75) is 6.42 Å². The van der Waals surface area contributed by atoms with Crippen LogP contribution in [0, 0.1) is 0 Å². The van der Waals surface area contributed by atoms with Gasteiger partial charge in [0.1, 0.15) is 5.75 Å². The molecular weight excluding hydrogens is 410 g/mol. The minimum Gasteiger partial charge on any atom is -0.494 e. The summed E-state index contributed by atoms with van der Waals surface area (Å²) in [6.07, 6.45) is 2.62. The van der Waals surface area contributed by atoms with Crippen LogP contribution in [-0.2, 0) is 15.9 Å². The summed E-state index contributed by atoms with van der Waals surface area (Å²) in [6, 6.07) is 6.16. The predicted molar refractivity (Wildman–Crippen MR) is 121 cm³/mol. The van der Waals surface area contributed by atoms with Crippen molar-refractivity contribution < 1.29 is 19.2 Å². The van der Waals surface area contributed by atoms with Gasteiger partial charge in [0.05, 0.1) is 44.9 Å². The van der Waals surface area contributed by atoms with E-state index >= 15 is 0 Å². The Kier molecular flexibility index (Phi) is 6.33. The molecule has 3 N–H and O–H groups in total. The second kappa shape index (κ2) is 9.68. The molecule has 0 bridgehead atoms. The number of anilines is 3. The molecule has 2 aliphatic rings. The Balaban J connectivity index is 1.36. The van der Waals surface area contributed by atoms with Gasteiger partial charge in [-0.2, -0.15) is 4.98 Å². The number of nitrogens with one attached hydrogen (secondary N) is 3. The van der Waals surface area contributed by atoms with Crippen LogP contribution < -0.4 is 19.9 Å². The van der Waals surface area contributed by atoms with Crippen molar-refractivity contribution in [3.8, 4) is 5.75 Å². The molecule has 2 fully saturated rings. The molecule has 1 aromatic carbocycles. The summed E-state index contributed by atoms with van der Waals surface area (Å²) in [5.74, 6) is 1.30. The van der Waals surface area contributed by atoms with Crippen LogP contribution in [0.1, 0.15) is 5.69 Å². The number of imidazole rings is 1. The van der Waals surface area contributed by atoms with Gasteiger partial charge in [-0.3, -0.25) is 9.88 Å². The lowest BCUT2D eigenvalue weighted by atomic mass is 10.2. The van der Waals surface area contributed by atoms with Gasteiger partial charge in [0, 0.05) is 50.9 Å². The van der Waals surface area contributed by atoms with Gasteiger partial charge in [-0.1, -0.05) is 4.98 Å². The fraction of sp³-hybridized carbons (Fsp3) is 0.500. The second-order valence-electron chi connectivity index (χ2n) is 7.96. The third kappa shape index (κ3) is 4.62. The van der Waals surface area contributed by atoms with Crippen LogP contribution >= 0.6 is 0 Å².